The standard InChI is InChI=1S/C19H17F3N2O4/c1-11(17(26)24-15-8-6-14(7-9-15)19(20,21)22)28-18(27)13-4-3-5-16(10-13)23-12(2)25/h3-11H,1-2H3,(H,23,25)(H,24,26). The van der Waals surface area contributed by atoms with Crippen molar-refractivity contribution >= 4 is 29.2 Å². The summed E-state index contributed by atoms with van der Waals surface area (Å²) in [5.74, 6) is -1.80. The van der Waals surface area contributed by atoms with E-state index in [4.69, 9.17) is 4.74 Å². The van der Waals surface area contributed by atoms with E-state index >= 15 is 0 Å². The number of rotatable bonds is 5. The van der Waals surface area contributed by atoms with Crippen LogP contribution >= 0.6 is 0 Å². The summed E-state index contributed by atoms with van der Waals surface area (Å²) in [6.07, 6.45) is -5.67. The molecule has 0 aliphatic rings. The van der Waals surface area contributed by atoms with Gasteiger partial charge in [-0.1, -0.05) is 6.07 Å². The van der Waals surface area contributed by atoms with E-state index in [0.717, 1.165) is 24.3 Å². The molecule has 6 nitrogen and oxygen atoms in total. The van der Waals surface area contributed by atoms with Gasteiger partial charge >= 0.3 is 12.1 Å². The van der Waals surface area contributed by atoms with Crippen molar-refractivity contribution < 1.29 is 32.3 Å². The minimum atomic E-state index is -4.48. The van der Waals surface area contributed by atoms with Gasteiger partial charge in [-0.2, -0.15) is 13.2 Å². The van der Waals surface area contributed by atoms with Crippen molar-refractivity contribution in [3.05, 3.63) is 59.7 Å². The molecule has 0 bridgehead atoms. The molecular formula is C19H17F3N2O4. The zero-order chi connectivity index (χ0) is 20.9. The summed E-state index contributed by atoms with van der Waals surface area (Å²) in [4.78, 5) is 35.3. The third kappa shape index (κ3) is 5.83. The largest absolute Gasteiger partial charge is 0.449 e. The van der Waals surface area contributed by atoms with Gasteiger partial charge in [-0.15, -0.1) is 0 Å². The smallest absolute Gasteiger partial charge is 0.416 e. The van der Waals surface area contributed by atoms with E-state index in [-0.39, 0.29) is 17.2 Å². The first-order valence-corrected chi connectivity index (χ1v) is 8.13. The van der Waals surface area contributed by atoms with Crippen molar-refractivity contribution in [3.8, 4) is 0 Å². The first kappa shape index (κ1) is 20.9. The van der Waals surface area contributed by atoms with Gasteiger partial charge in [-0.25, -0.2) is 4.79 Å². The second-order valence-corrected chi connectivity index (χ2v) is 5.87. The number of halogens is 3. The molecule has 1 atom stereocenters. The molecule has 2 rings (SSSR count). The number of anilines is 2. The molecule has 0 radical (unpaired) electrons. The fraction of sp³-hybridized carbons (Fsp3) is 0.211. The predicted octanol–water partition coefficient (Wildman–Crippen LogP) is 3.85. The van der Waals surface area contributed by atoms with E-state index in [2.05, 4.69) is 10.6 Å². The lowest BCUT2D eigenvalue weighted by Crippen LogP contribution is -2.30. The van der Waals surface area contributed by atoms with Crippen LogP contribution < -0.4 is 10.6 Å². The number of carbonyl (C=O) groups is 3. The van der Waals surface area contributed by atoms with Crippen molar-refractivity contribution in [3.63, 3.8) is 0 Å². The Morgan fingerprint density at radius 2 is 1.61 bits per heavy atom. The maximum Gasteiger partial charge on any atom is 0.416 e. The fourth-order valence-electron chi connectivity index (χ4n) is 2.20. The van der Waals surface area contributed by atoms with Crippen LogP contribution in [0.15, 0.2) is 48.5 Å². The molecule has 0 aliphatic heterocycles. The Balaban J connectivity index is 1.98. The Morgan fingerprint density at radius 3 is 2.18 bits per heavy atom. The van der Waals surface area contributed by atoms with Gasteiger partial charge in [0.1, 0.15) is 0 Å². The molecule has 0 aromatic heterocycles. The zero-order valence-electron chi connectivity index (χ0n) is 15.0. The lowest BCUT2D eigenvalue weighted by Gasteiger charge is -2.14. The van der Waals surface area contributed by atoms with Crippen molar-refractivity contribution in [2.45, 2.75) is 26.1 Å². The lowest BCUT2D eigenvalue weighted by molar-refractivity contribution is -0.137. The number of amides is 2. The Labute approximate surface area is 158 Å². The predicted molar refractivity (Wildman–Crippen MR) is 95.7 cm³/mol. The normalized spacial score (nSPS) is 12.0. The number of nitrogens with one attached hydrogen (secondary N) is 2. The van der Waals surface area contributed by atoms with Gasteiger partial charge < -0.3 is 15.4 Å². The highest BCUT2D eigenvalue weighted by Crippen LogP contribution is 2.29. The highest BCUT2D eigenvalue weighted by Gasteiger charge is 2.30. The average Bonchev–Trinajstić information content (AvgIpc) is 2.61. The van der Waals surface area contributed by atoms with Gasteiger partial charge in [0.05, 0.1) is 11.1 Å². The second-order valence-electron chi connectivity index (χ2n) is 5.87. The van der Waals surface area contributed by atoms with Crippen LogP contribution in [0.2, 0.25) is 0 Å². The molecule has 2 aromatic carbocycles. The minimum Gasteiger partial charge on any atom is -0.449 e. The van der Waals surface area contributed by atoms with Crippen LogP contribution in [-0.4, -0.2) is 23.9 Å². The van der Waals surface area contributed by atoms with Crippen molar-refractivity contribution in [2.75, 3.05) is 10.6 Å². The molecule has 9 heteroatoms. The molecule has 0 heterocycles. The molecule has 0 saturated heterocycles. The molecular weight excluding hydrogens is 377 g/mol. The van der Waals surface area contributed by atoms with Crippen molar-refractivity contribution in [1.29, 1.82) is 0 Å². The van der Waals surface area contributed by atoms with Crippen molar-refractivity contribution in [1.82, 2.24) is 0 Å². The summed E-state index contributed by atoms with van der Waals surface area (Å²) < 4.78 is 42.7. The fourth-order valence-corrected chi connectivity index (χ4v) is 2.20. The number of carbonyl (C=O) groups excluding carboxylic acids is 3. The highest BCUT2D eigenvalue weighted by molar-refractivity contribution is 5.98. The van der Waals surface area contributed by atoms with Crippen LogP contribution in [0.4, 0.5) is 24.5 Å². The molecule has 1 unspecified atom stereocenters. The average molecular weight is 394 g/mol. The van der Waals surface area contributed by atoms with E-state index in [0.29, 0.717) is 5.69 Å². The molecule has 148 valence electrons. The number of benzene rings is 2. The monoisotopic (exact) mass is 394 g/mol. The molecule has 0 spiro atoms. The molecule has 2 aromatic rings. The van der Waals surface area contributed by atoms with Crippen LogP contribution in [0, 0.1) is 0 Å². The zero-order valence-corrected chi connectivity index (χ0v) is 15.0. The molecule has 0 aliphatic carbocycles. The summed E-state index contributed by atoms with van der Waals surface area (Å²) in [5.41, 5.74) is -0.193. The Morgan fingerprint density at radius 1 is 0.964 bits per heavy atom. The molecule has 2 N–H and O–H groups in total. The first-order valence-electron chi connectivity index (χ1n) is 8.13. The summed E-state index contributed by atoms with van der Waals surface area (Å²) >= 11 is 0. The summed E-state index contributed by atoms with van der Waals surface area (Å²) in [6.45, 7) is 2.65. The van der Waals surface area contributed by atoms with E-state index in [1.807, 2.05) is 0 Å². The maximum absolute atomic E-state index is 12.5. The Bertz CT molecular complexity index is 879. The number of hydrogen-bond acceptors (Lipinski definition) is 4. The minimum absolute atomic E-state index is 0.125. The van der Waals surface area contributed by atoms with E-state index in [1.165, 1.54) is 32.0 Å². The van der Waals surface area contributed by atoms with Gasteiger partial charge in [0.2, 0.25) is 5.91 Å². The summed E-state index contributed by atoms with van der Waals surface area (Å²) in [5, 5.41) is 4.89. The molecule has 0 saturated carbocycles. The lowest BCUT2D eigenvalue weighted by atomic mass is 10.2. The maximum atomic E-state index is 12.5. The quantitative estimate of drug-likeness (QED) is 0.755. The van der Waals surface area contributed by atoms with Gasteiger partial charge in [0, 0.05) is 18.3 Å². The van der Waals surface area contributed by atoms with E-state index in [9.17, 15) is 27.6 Å². The van der Waals surface area contributed by atoms with Gasteiger partial charge in [0.25, 0.3) is 5.91 Å². The number of alkyl halides is 3. The second kappa shape index (κ2) is 8.55. The third-order valence-electron chi connectivity index (χ3n) is 3.55. The number of hydrogen-bond donors (Lipinski definition) is 2. The highest BCUT2D eigenvalue weighted by atomic mass is 19.4. The third-order valence-corrected chi connectivity index (χ3v) is 3.55. The summed E-state index contributed by atoms with van der Waals surface area (Å²) in [7, 11) is 0. The SMILES string of the molecule is CC(=O)Nc1cccc(C(=O)OC(C)C(=O)Nc2ccc(C(F)(F)F)cc2)c1. The van der Waals surface area contributed by atoms with E-state index in [1.54, 1.807) is 6.07 Å². The van der Waals surface area contributed by atoms with Crippen molar-refractivity contribution in [2.24, 2.45) is 0 Å². The van der Waals surface area contributed by atoms with Crippen LogP contribution in [-0.2, 0) is 20.5 Å². The van der Waals surface area contributed by atoms with Gasteiger partial charge in [0.15, 0.2) is 6.10 Å². The topological polar surface area (TPSA) is 84.5 Å². The first-order chi connectivity index (χ1) is 13.1. The molecule has 0 fully saturated rings. The van der Waals surface area contributed by atoms with Crippen LogP contribution in [0.1, 0.15) is 29.8 Å². The Hall–Kier alpha value is -3.36. The summed E-state index contributed by atoms with van der Waals surface area (Å²) in [6, 6.07) is 9.84. The molecule has 2 amide bonds. The Kier molecular flexibility index (Phi) is 6.40. The molecule has 28 heavy (non-hydrogen) atoms. The van der Waals surface area contributed by atoms with Crippen LogP contribution in [0.25, 0.3) is 0 Å². The number of ether oxygens (including phenoxy) is 1. The van der Waals surface area contributed by atoms with E-state index < -0.39 is 29.7 Å². The van der Waals surface area contributed by atoms with Crippen LogP contribution in [0.5, 0.6) is 0 Å². The van der Waals surface area contributed by atoms with Gasteiger partial charge in [-0.3, -0.25) is 9.59 Å². The van der Waals surface area contributed by atoms with Gasteiger partial charge in [-0.05, 0) is 49.4 Å². The number of esters is 1. The van der Waals surface area contributed by atoms with Crippen LogP contribution in [0.3, 0.4) is 0 Å².